The first-order valence-corrected chi connectivity index (χ1v) is 10.6. The van der Waals surface area contributed by atoms with Crippen molar-refractivity contribution in [1.29, 1.82) is 0 Å². The Balaban J connectivity index is 1.37. The first-order valence-electron chi connectivity index (χ1n) is 8.28. The molecule has 3 rings (SSSR count). The molecule has 0 radical (unpaired) electrons. The summed E-state index contributed by atoms with van der Waals surface area (Å²) in [5.74, 6) is 1.36. The number of hydrogen-bond acceptors (Lipinski definition) is 6. The molecule has 0 fully saturated rings. The molecule has 0 aliphatic carbocycles. The molecule has 0 atom stereocenters. The normalized spacial score (nSPS) is 10.5. The van der Waals surface area contributed by atoms with Crippen molar-refractivity contribution in [2.75, 3.05) is 5.75 Å². The number of hydrazine groups is 1. The maximum absolute atomic E-state index is 12.1. The fourth-order valence-corrected chi connectivity index (χ4v) is 4.17. The number of hydrogen-bond donors (Lipinski definition) is 2. The second-order valence-electron chi connectivity index (χ2n) is 5.57. The van der Waals surface area contributed by atoms with E-state index >= 15 is 0 Å². The van der Waals surface area contributed by atoms with E-state index in [1.807, 2.05) is 42.5 Å². The third kappa shape index (κ3) is 6.33. The monoisotopic (exact) mass is 436 g/mol. The van der Waals surface area contributed by atoms with Gasteiger partial charge < -0.3 is 9.15 Å². The summed E-state index contributed by atoms with van der Waals surface area (Å²) in [4.78, 5) is 25.0. The maximum Gasteiger partial charge on any atom is 0.305 e. The quantitative estimate of drug-likeness (QED) is 0.515. The average Bonchev–Trinajstić information content (AvgIpc) is 3.34. The van der Waals surface area contributed by atoms with E-state index in [1.165, 1.54) is 29.2 Å². The Morgan fingerprint density at radius 3 is 2.64 bits per heavy atom. The van der Waals surface area contributed by atoms with Gasteiger partial charge in [-0.3, -0.25) is 20.4 Å². The second kappa shape index (κ2) is 10.2. The van der Waals surface area contributed by atoms with Crippen LogP contribution in [0.4, 0.5) is 0 Å². The Hall–Kier alpha value is -2.42. The molecule has 3 aromatic rings. The van der Waals surface area contributed by atoms with Crippen molar-refractivity contribution >= 4 is 46.5 Å². The number of halogens is 1. The van der Waals surface area contributed by atoms with E-state index in [9.17, 15) is 9.59 Å². The standard InChI is InChI=1S/C19H17ClN2O4S2/c20-17-9-7-15(28-17)11-27-12-18(23)21-22-19(24)16-8-6-14(26-16)10-25-13-4-2-1-3-5-13/h1-9H,10-12H2,(H,21,23)(H,22,24). The number of furan rings is 1. The van der Waals surface area contributed by atoms with Gasteiger partial charge in [-0.25, -0.2) is 0 Å². The Bertz CT molecular complexity index is 927. The van der Waals surface area contributed by atoms with Crippen molar-refractivity contribution in [3.8, 4) is 5.75 Å². The third-order valence-electron chi connectivity index (χ3n) is 3.43. The lowest BCUT2D eigenvalue weighted by molar-refractivity contribution is -0.119. The number of nitrogens with one attached hydrogen (secondary N) is 2. The predicted molar refractivity (Wildman–Crippen MR) is 111 cm³/mol. The molecular weight excluding hydrogens is 420 g/mol. The number of amides is 2. The van der Waals surface area contributed by atoms with Gasteiger partial charge in [-0.15, -0.1) is 23.1 Å². The van der Waals surface area contributed by atoms with Crippen LogP contribution in [0, 0.1) is 0 Å². The number of ether oxygens (including phenoxy) is 1. The van der Waals surface area contributed by atoms with Crippen LogP contribution in [0.3, 0.4) is 0 Å². The van der Waals surface area contributed by atoms with Crippen molar-refractivity contribution in [2.45, 2.75) is 12.4 Å². The lowest BCUT2D eigenvalue weighted by Gasteiger charge is -2.06. The molecule has 0 saturated carbocycles. The minimum atomic E-state index is -0.533. The summed E-state index contributed by atoms with van der Waals surface area (Å²) >= 11 is 8.78. The molecule has 2 amide bonds. The maximum atomic E-state index is 12.1. The van der Waals surface area contributed by atoms with Gasteiger partial charge in [0.2, 0.25) is 5.91 Å². The Labute approximate surface area is 175 Å². The van der Waals surface area contributed by atoms with Crippen molar-refractivity contribution < 1.29 is 18.7 Å². The SMILES string of the molecule is O=C(CSCc1ccc(Cl)s1)NNC(=O)c1ccc(COc2ccccc2)o1. The van der Waals surface area contributed by atoms with E-state index in [4.69, 9.17) is 20.8 Å². The molecule has 146 valence electrons. The zero-order valence-corrected chi connectivity index (χ0v) is 17.0. The summed E-state index contributed by atoms with van der Waals surface area (Å²) < 4.78 is 11.7. The molecule has 2 heterocycles. The van der Waals surface area contributed by atoms with Crippen LogP contribution in [-0.2, 0) is 17.2 Å². The van der Waals surface area contributed by atoms with Gasteiger partial charge in [-0.2, -0.15) is 0 Å². The topological polar surface area (TPSA) is 80.6 Å². The molecule has 0 unspecified atom stereocenters. The number of para-hydroxylation sites is 1. The molecule has 0 saturated heterocycles. The van der Waals surface area contributed by atoms with Crippen molar-refractivity contribution in [2.24, 2.45) is 0 Å². The van der Waals surface area contributed by atoms with E-state index in [0.29, 0.717) is 17.3 Å². The summed E-state index contributed by atoms with van der Waals surface area (Å²) in [6.07, 6.45) is 0. The molecular formula is C19H17ClN2O4S2. The molecule has 28 heavy (non-hydrogen) atoms. The number of carbonyl (C=O) groups is 2. The fraction of sp³-hybridized carbons (Fsp3) is 0.158. The number of benzene rings is 1. The van der Waals surface area contributed by atoms with Crippen LogP contribution >= 0.6 is 34.7 Å². The summed E-state index contributed by atoms with van der Waals surface area (Å²) in [5, 5.41) is 0. The van der Waals surface area contributed by atoms with E-state index in [0.717, 1.165) is 9.21 Å². The summed E-state index contributed by atoms with van der Waals surface area (Å²) in [5.41, 5.74) is 4.70. The number of rotatable bonds is 8. The third-order valence-corrected chi connectivity index (χ3v) is 5.83. The fourth-order valence-electron chi connectivity index (χ4n) is 2.15. The highest BCUT2D eigenvalue weighted by molar-refractivity contribution is 7.99. The highest BCUT2D eigenvalue weighted by Crippen LogP contribution is 2.25. The molecule has 0 aliphatic rings. The van der Waals surface area contributed by atoms with Crippen LogP contribution in [-0.4, -0.2) is 17.6 Å². The molecule has 2 N–H and O–H groups in total. The van der Waals surface area contributed by atoms with Gasteiger partial charge in [0.15, 0.2) is 5.76 Å². The van der Waals surface area contributed by atoms with E-state index in [2.05, 4.69) is 10.9 Å². The zero-order chi connectivity index (χ0) is 19.8. The van der Waals surface area contributed by atoms with Crippen LogP contribution < -0.4 is 15.6 Å². The minimum absolute atomic E-state index is 0.0906. The van der Waals surface area contributed by atoms with Crippen LogP contribution in [0.15, 0.2) is 59.0 Å². The Morgan fingerprint density at radius 1 is 1.07 bits per heavy atom. The van der Waals surface area contributed by atoms with Gasteiger partial charge in [-0.05, 0) is 36.4 Å². The molecule has 9 heteroatoms. The van der Waals surface area contributed by atoms with Crippen molar-refractivity contribution in [3.63, 3.8) is 0 Å². The Morgan fingerprint density at radius 2 is 1.89 bits per heavy atom. The lowest BCUT2D eigenvalue weighted by atomic mass is 10.3. The van der Waals surface area contributed by atoms with Gasteiger partial charge in [0.05, 0.1) is 10.1 Å². The molecule has 0 bridgehead atoms. The molecule has 1 aromatic carbocycles. The van der Waals surface area contributed by atoms with Gasteiger partial charge >= 0.3 is 5.91 Å². The molecule has 0 spiro atoms. The van der Waals surface area contributed by atoms with Gasteiger partial charge in [-0.1, -0.05) is 29.8 Å². The smallest absolute Gasteiger partial charge is 0.305 e. The van der Waals surface area contributed by atoms with Crippen molar-refractivity contribution in [1.82, 2.24) is 10.9 Å². The summed E-state index contributed by atoms with van der Waals surface area (Å²) in [6, 6.07) is 16.2. The Kier molecular flexibility index (Phi) is 7.41. The van der Waals surface area contributed by atoms with Crippen LogP contribution in [0.2, 0.25) is 4.34 Å². The van der Waals surface area contributed by atoms with Gasteiger partial charge in [0.25, 0.3) is 0 Å². The lowest BCUT2D eigenvalue weighted by Crippen LogP contribution is -2.42. The second-order valence-corrected chi connectivity index (χ2v) is 8.35. The highest BCUT2D eigenvalue weighted by atomic mass is 35.5. The van der Waals surface area contributed by atoms with E-state index in [-0.39, 0.29) is 24.0 Å². The first-order chi connectivity index (χ1) is 13.6. The number of thiophene rings is 1. The average molecular weight is 437 g/mol. The van der Waals surface area contributed by atoms with E-state index < -0.39 is 5.91 Å². The predicted octanol–water partition coefficient (Wildman–Crippen LogP) is 4.27. The summed E-state index contributed by atoms with van der Waals surface area (Å²) in [6.45, 7) is 0.201. The first kappa shape index (κ1) is 20.3. The van der Waals surface area contributed by atoms with Crippen LogP contribution in [0.25, 0.3) is 0 Å². The van der Waals surface area contributed by atoms with Crippen molar-refractivity contribution in [3.05, 3.63) is 75.3 Å². The number of carbonyl (C=O) groups excluding carboxylic acids is 2. The van der Waals surface area contributed by atoms with Gasteiger partial charge in [0, 0.05) is 10.6 Å². The van der Waals surface area contributed by atoms with Gasteiger partial charge in [0.1, 0.15) is 18.1 Å². The largest absolute Gasteiger partial charge is 0.486 e. The molecule has 0 aliphatic heterocycles. The molecule has 6 nitrogen and oxygen atoms in total. The van der Waals surface area contributed by atoms with Crippen LogP contribution in [0.5, 0.6) is 5.75 Å². The van der Waals surface area contributed by atoms with E-state index in [1.54, 1.807) is 6.07 Å². The van der Waals surface area contributed by atoms with Crippen LogP contribution in [0.1, 0.15) is 21.2 Å². The minimum Gasteiger partial charge on any atom is -0.486 e. The highest BCUT2D eigenvalue weighted by Gasteiger charge is 2.13. The summed E-state index contributed by atoms with van der Waals surface area (Å²) in [7, 11) is 0. The molecule has 2 aromatic heterocycles. The zero-order valence-electron chi connectivity index (χ0n) is 14.6. The number of thioether (sulfide) groups is 1.